The van der Waals surface area contributed by atoms with Gasteiger partial charge in [-0.1, -0.05) is 64.8 Å². The van der Waals surface area contributed by atoms with Crippen LogP contribution in [-0.4, -0.2) is 10.2 Å². The summed E-state index contributed by atoms with van der Waals surface area (Å²) in [6, 6.07) is 10.4. The number of carbonyl (C=O) groups is 1. The highest BCUT2D eigenvalue weighted by Gasteiger charge is 2.22. The molecule has 3 nitrogen and oxygen atoms in total. The number of ether oxygens (including phenoxy) is 1. The molecule has 25 heavy (non-hydrogen) atoms. The first-order valence-electron chi connectivity index (χ1n) is 7.03. The van der Waals surface area contributed by atoms with Crippen LogP contribution in [-0.2, 0) is 11.4 Å². The van der Waals surface area contributed by atoms with Crippen LogP contribution in [0.2, 0.25) is 15.1 Å². The summed E-state index contributed by atoms with van der Waals surface area (Å²) in [5.74, 6) is 0.343. The molecule has 1 saturated heterocycles. The summed E-state index contributed by atoms with van der Waals surface area (Å²) in [6.45, 7) is 0.256. The summed E-state index contributed by atoms with van der Waals surface area (Å²) in [7, 11) is 0. The first-order chi connectivity index (χ1) is 11.9. The highest BCUT2D eigenvalue weighted by Crippen LogP contribution is 2.32. The molecule has 1 N–H and O–H groups in total. The van der Waals surface area contributed by atoms with Crippen LogP contribution in [0.1, 0.15) is 11.1 Å². The Hall–Kier alpha value is -1.24. The maximum atomic E-state index is 11.8. The van der Waals surface area contributed by atoms with E-state index in [1.165, 1.54) is 11.8 Å². The highest BCUT2D eigenvalue weighted by molar-refractivity contribution is 8.26. The minimum Gasteiger partial charge on any atom is -0.488 e. The van der Waals surface area contributed by atoms with Gasteiger partial charge in [-0.15, -0.1) is 0 Å². The number of carbonyl (C=O) groups excluding carboxylic acids is 1. The van der Waals surface area contributed by atoms with Crippen molar-refractivity contribution in [3.05, 3.63) is 67.5 Å². The number of hydrogen-bond acceptors (Lipinski definition) is 4. The second kappa shape index (κ2) is 7.98. The Morgan fingerprint density at radius 2 is 1.84 bits per heavy atom. The molecule has 8 heteroatoms. The van der Waals surface area contributed by atoms with Crippen molar-refractivity contribution in [2.24, 2.45) is 0 Å². The number of benzene rings is 2. The smallest absolute Gasteiger partial charge is 0.263 e. The Balaban J connectivity index is 1.85. The van der Waals surface area contributed by atoms with Gasteiger partial charge < -0.3 is 10.1 Å². The van der Waals surface area contributed by atoms with E-state index in [4.69, 9.17) is 51.8 Å². The lowest BCUT2D eigenvalue weighted by molar-refractivity contribution is -0.115. The Morgan fingerprint density at radius 1 is 1.12 bits per heavy atom. The average Bonchev–Trinajstić information content (AvgIpc) is 2.85. The molecule has 128 valence electrons. The number of hydrogen-bond donors (Lipinski definition) is 1. The van der Waals surface area contributed by atoms with Crippen LogP contribution in [0.5, 0.6) is 5.75 Å². The van der Waals surface area contributed by atoms with E-state index >= 15 is 0 Å². The number of thioether (sulfide) groups is 1. The van der Waals surface area contributed by atoms with E-state index in [0.717, 1.165) is 5.56 Å². The number of halogens is 3. The lowest BCUT2D eigenvalue weighted by Crippen LogP contribution is -2.17. The fourth-order valence-corrected chi connectivity index (χ4v) is 3.80. The largest absolute Gasteiger partial charge is 0.488 e. The maximum Gasteiger partial charge on any atom is 0.263 e. The van der Waals surface area contributed by atoms with Crippen LogP contribution in [0.15, 0.2) is 41.3 Å². The molecular formula is C17H10Cl3NO2S2. The zero-order valence-electron chi connectivity index (χ0n) is 12.5. The molecule has 0 radical (unpaired) electrons. The molecule has 1 aliphatic heterocycles. The van der Waals surface area contributed by atoms with Crippen molar-refractivity contribution >= 4 is 75.1 Å². The van der Waals surface area contributed by atoms with Crippen LogP contribution in [0.4, 0.5) is 0 Å². The minimum atomic E-state index is -0.235. The van der Waals surface area contributed by atoms with Crippen LogP contribution in [0.3, 0.4) is 0 Å². The molecule has 0 atom stereocenters. The molecule has 0 aromatic heterocycles. The van der Waals surface area contributed by atoms with E-state index in [2.05, 4.69) is 5.32 Å². The fraction of sp³-hybridized carbons (Fsp3) is 0.0588. The fourth-order valence-electron chi connectivity index (χ4n) is 2.12. The SMILES string of the molecule is O=C1NC(=S)S/C1=C/c1cc(Cl)ccc1OCc1ccc(Cl)cc1Cl. The van der Waals surface area contributed by atoms with Gasteiger partial charge in [-0.25, -0.2) is 0 Å². The number of amides is 1. The molecule has 1 amide bonds. The number of thiocarbonyl (C=S) groups is 1. The molecule has 0 saturated carbocycles. The molecular weight excluding hydrogens is 421 g/mol. The summed E-state index contributed by atoms with van der Waals surface area (Å²) in [6.07, 6.45) is 1.70. The highest BCUT2D eigenvalue weighted by atomic mass is 35.5. The van der Waals surface area contributed by atoms with E-state index in [9.17, 15) is 4.79 Å². The molecule has 2 aromatic carbocycles. The molecule has 2 aromatic rings. The molecule has 1 heterocycles. The van der Waals surface area contributed by atoms with E-state index in [0.29, 0.717) is 35.6 Å². The molecule has 3 rings (SSSR count). The lowest BCUT2D eigenvalue weighted by atomic mass is 10.1. The Bertz CT molecular complexity index is 899. The minimum absolute atomic E-state index is 0.235. The van der Waals surface area contributed by atoms with Gasteiger partial charge in [0.25, 0.3) is 5.91 Å². The van der Waals surface area contributed by atoms with Crippen LogP contribution in [0.25, 0.3) is 6.08 Å². The zero-order chi connectivity index (χ0) is 18.0. The van der Waals surface area contributed by atoms with Gasteiger partial charge in [0.2, 0.25) is 0 Å². The normalized spacial score (nSPS) is 15.6. The van der Waals surface area contributed by atoms with Crippen molar-refractivity contribution in [1.82, 2.24) is 5.32 Å². The molecule has 0 unspecified atom stereocenters. The Morgan fingerprint density at radius 3 is 2.52 bits per heavy atom. The van der Waals surface area contributed by atoms with Crippen molar-refractivity contribution in [2.75, 3.05) is 0 Å². The predicted molar refractivity (Wildman–Crippen MR) is 109 cm³/mol. The van der Waals surface area contributed by atoms with Gasteiger partial charge in [0, 0.05) is 26.2 Å². The molecule has 0 spiro atoms. The van der Waals surface area contributed by atoms with Crippen LogP contribution >= 0.6 is 58.8 Å². The van der Waals surface area contributed by atoms with Gasteiger partial charge in [-0.3, -0.25) is 4.79 Å². The van der Waals surface area contributed by atoms with E-state index in [1.807, 2.05) is 0 Å². The van der Waals surface area contributed by atoms with Gasteiger partial charge in [-0.05, 0) is 36.4 Å². The summed E-state index contributed by atoms with van der Waals surface area (Å²) < 4.78 is 6.29. The van der Waals surface area contributed by atoms with Crippen molar-refractivity contribution in [3.8, 4) is 5.75 Å². The van der Waals surface area contributed by atoms with Crippen LogP contribution in [0, 0.1) is 0 Å². The number of rotatable bonds is 4. The zero-order valence-corrected chi connectivity index (χ0v) is 16.4. The Kier molecular flexibility index (Phi) is 5.92. The summed E-state index contributed by atoms with van der Waals surface area (Å²) in [4.78, 5) is 12.3. The second-order valence-electron chi connectivity index (χ2n) is 5.06. The van der Waals surface area contributed by atoms with Crippen LogP contribution < -0.4 is 10.1 Å². The monoisotopic (exact) mass is 429 g/mol. The van der Waals surface area contributed by atoms with Crippen molar-refractivity contribution < 1.29 is 9.53 Å². The number of nitrogens with one attached hydrogen (secondary N) is 1. The molecule has 1 aliphatic rings. The van der Waals surface area contributed by atoms with E-state index < -0.39 is 0 Å². The van der Waals surface area contributed by atoms with E-state index in [1.54, 1.807) is 42.5 Å². The quantitative estimate of drug-likeness (QED) is 0.498. The average molecular weight is 431 g/mol. The van der Waals surface area contributed by atoms with Gasteiger partial charge in [0.05, 0.1) is 4.91 Å². The lowest BCUT2D eigenvalue weighted by Gasteiger charge is -2.11. The predicted octanol–water partition coefficient (Wildman–Crippen LogP) is 5.71. The summed E-state index contributed by atoms with van der Waals surface area (Å²) in [5, 5.41) is 4.20. The second-order valence-corrected chi connectivity index (χ2v) is 8.06. The summed E-state index contributed by atoms with van der Waals surface area (Å²) >= 11 is 24.3. The third-order valence-corrected chi connectivity index (χ3v) is 5.28. The first-order valence-corrected chi connectivity index (χ1v) is 9.39. The van der Waals surface area contributed by atoms with Crippen molar-refractivity contribution in [1.29, 1.82) is 0 Å². The van der Waals surface area contributed by atoms with Gasteiger partial charge in [-0.2, -0.15) is 0 Å². The molecule has 1 fully saturated rings. The summed E-state index contributed by atoms with van der Waals surface area (Å²) in [5.41, 5.74) is 1.48. The van der Waals surface area contributed by atoms with E-state index in [-0.39, 0.29) is 12.5 Å². The van der Waals surface area contributed by atoms with Gasteiger partial charge in [0.15, 0.2) is 0 Å². The Labute approximate surface area is 169 Å². The third-order valence-electron chi connectivity index (χ3n) is 3.30. The maximum absolute atomic E-state index is 11.8. The van der Waals surface area contributed by atoms with Gasteiger partial charge in [0.1, 0.15) is 16.7 Å². The van der Waals surface area contributed by atoms with Crippen molar-refractivity contribution in [3.63, 3.8) is 0 Å². The topological polar surface area (TPSA) is 38.3 Å². The standard InChI is InChI=1S/C17H10Cl3NO2S2/c18-11-3-4-14(23-8-9-1-2-12(19)7-13(9)20)10(5-11)6-15-16(22)21-17(24)25-15/h1-7H,8H2,(H,21,22,24)/b15-6+. The van der Waals surface area contributed by atoms with Gasteiger partial charge >= 0.3 is 0 Å². The third kappa shape index (κ3) is 4.68. The molecule has 0 bridgehead atoms. The van der Waals surface area contributed by atoms with Crippen molar-refractivity contribution in [2.45, 2.75) is 6.61 Å². The molecule has 0 aliphatic carbocycles. The first kappa shape index (κ1) is 18.5.